The molecular weight excluding hydrogens is 532 g/mol. The summed E-state index contributed by atoms with van der Waals surface area (Å²) in [5.74, 6) is -0.450. The summed E-state index contributed by atoms with van der Waals surface area (Å²) in [6.07, 6.45) is 2.61. The van der Waals surface area contributed by atoms with Crippen LogP contribution in [0.3, 0.4) is 0 Å². The number of halogens is 1. The van der Waals surface area contributed by atoms with Crippen LogP contribution >= 0.6 is 11.6 Å². The molecule has 1 aliphatic rings. The molecule has 40 heavy (non-hydrogen) atoms. The van der Waals surface area contributed by atoms with Crippen molar-refractivity contribution in [2.24, 2.45) is 0 Å². The monoisotopic (exact) mass is 562 g/mol. The number of aliphatic hydroxyl groups excluding tert-OH is 1. The van der Waals surface area contributed by atoms with Crippen molar-refractivity contribution in [2.75, 3.05) is 19.0 Å². The topological polar surface area (TPSA) is 156 Å². The van der Waals surface area contributed by atoms with E-state index in [4.69, 9.17) is 17.0 Å². The zero-order chi connectivity index (χ0) is 29.0. The van der Waals surface area contributed by atoms with Gasteiger partial charge in [-0.25, -0.2) is 9.97 Å². The van der Waals surface area contributed by atoms with E-state index in [1.807, 2.05) is 38.1 Å². The number of nitrogens with one attached hydrogen (secondary N) is 4. The van der Waals surface area contributed by atoms with Gasteiger partial charge in [0.2, 0.25) is 11.9 Å². The van der Waals surface area contributed by atoms with Gasteiger partial charge < -0.3 is 31.4 Å². The number of fused-ring (bicyclic) bond motifs is 1. The number of anilines is 1. The van der Waals surface area contributed by atoms with Gasteiger partial charge in [0.15, 0.2) is 0 Å². The number of nitrogens with zero attached hydrogens (tertiary/aromatic N) is 4. The van der Waals surface area contributed by atoms with E-state index in [9.17, 15) is 14.7 Å². The molecule has 3 heterocycles. The molecule has 1 aromatic carbocycles. The van der Waals surface area contributed by atoms with Crippen molar-refractivity contribution in [2.45, 2.75) is 39.4 Å². The van der Waals surface area contributed by atoms with Gasteiger partial charge in [-0.15, -0.1) is 0 Å². The van der Waals surface area contributed by atoms with Gasteiger partial charge in [0.25, 0.3) is 5.91 Å². The third-order valence-corrected chi connectivity index (χ3v) is 7.02. The molecule has 0 radical (unpaired) electrons. The van der Waals surface area contributed by atoms with Crippen LogP contribution in [0.4, 0.5) is 5.95 Å². The lowest BCUT2D eigenvalue weighted by molar-refractivity contribution is -0.126. The molecule has 4 rings (SSSR count). The number of carbonyl (C=O) groups excluding carboxylic acids is 2. The van der Waals surface area contributed by atoms with Crippen molar-refractivity contribution >= 4 is 35.6 Å². The van der Waals surface area contributed by atoms with E-state index in [1.165, 1.54) is 11.1 Å². The molecule has 0 fully saturated rings. The second kappa shape index (κ2) is 12.2. The summed E-state index contributed by atoms with van der Waals surface area (Å²) in [7, 11) is 1.75. The summed E-state index contributed by atoms with van der Waals surface area (Å²) in [5.41, 5.74) is 4.79. The first-order valence-corrected chi connectivity index (χ1v) is 13.0. The first kappa shape index (κ1) is 28.7. The lowest BCUT2D eigenvalue weighted by Crippen LogP contribution is -2.46. The number of carbonyl (C=O) groups is 2. The molecule has 0 saturated heterocycles. The number of pyridine rings is 1. The molecule has 0 spiro atoms. The second-order valence-electron chi connectivity index (χ2n) is 9.38. The van der Waals surface area contributed by atoms with Crippen molar-refractivity contribution < 1.29 is 14.7 Å². The summed E-state index contributed by atoms with van der Waals surface area (Å²) >= 11 is 6.43. The minimum atomic E-state index is -0.789. The molecule has 2 atom stereocenters. The van der Waals surface area contributed by atoms with Crippen LogP contribution in [0.5, 0.6) is 0 Å². The van der Waals surface area contributed by atoms with Gasteiger partial charge in [-0.05, 0) is 44.5 Å². The van der Waals surface area contributed by atoms with Crippen LogP contribution in [0.2, 0.25) is 5.02 Å². The molecule has 5 N–H and O–H groups in total. The summed E-state index contributed by atoms with van der Waals surface area (Å²) in [6, 6.07) is 9.24. The molecule has 0 bridgehead atoms. The first-order valence-electron chi connectivity index (χ1n) is 12.6. The highest BCUT2D eigenvalue weighted by molar-refractivity contribution is 6.33. The molecule has 0 unspecified atom stereocenters. The Hall–Kier alpha value is -4.35. The number of hydrogen-bond donors (Lipinski definition) is 5. The fourth-order valence-corrected chi connectivity index (χ4v) is 4.51. The van der Waals surface area contributed by atoms with Crippen molar-refractivity contribution in [3.8, 4) is 11.3 Å². The Morgan fingerprint density at radius 1 is 1.27 bits per heavy atom. The van der Waals surface area contributed by atoms with Crippen LogP contribution in [-0.2, 0) is 11.3 Å². The summed E-state index contributed by atoms with van der Waals surface area (Å²) in [6.45, 7) is 5.23. The van der Waals surface area contributed by atoms with E-state index in [-0.39, 0.29) is 25.0 Å². The van der Waals surface area contributed by atoms with E-state index in [0.717, 1.165) is 23.2 Å². The normalized spacial score (nSPS) is 14.7. The van der Waals surface area contributed by atoms with E-state index >= 15 is 0 Å². The molecular formula is C28H31ClN8O3. The second-order valence-corrected chi connectivity index (χ2v) is 9.78. The molecule has 208 valence electrons. The number of benzene rings is 1. The van der Waals surface area contributed by atoms with Crippen molar-refractivity contribution in [1.82, 2.24) is 30.5 Å². The predicted octanol–water partition coefficient (Wildman–Crippen LogP) is 3.21. The number of aliphatic hydroxyl groups is 1. The maximum absolute atomic E-state index is 13.4. The Kier molecular flexibility index (Phi) is 8.76. The highest BCUT2D eigenvalue weighted by Gasteiger charge is 2.35. The molecule has 1 aliphatic heterocycles. The zero-order valence-electron chi connectivity index (χ0n) is 22.6. The molecule has 11 nitrogen and oxygen atoms in total. The van der Waals surface area contributed by atoms with Crippen molar-refractivity contribution in [1.29, 1.82) is 5.41 Å². The lowest BCUT2D eigenvalue weighted by Gasteiger charge is -2.25. The third kappa shape index (κ3) is 5.95. The van der Waals surface area contributed by atoms with E-state index < -0.39 is 18.0 Å². The maximum atomic E-state index is 13.4. The highest BCUT2D eigenvalue weighted by Crippen LogP contribution is 2.32. The molecule has 3 aromatic rings. The minimum absolute atomic E-state index is 0.243. The van der Waals surface area contributed by atoms with Gasteiger partial charge in [-0.1, -0.05) is 29.8 Å². The number of rotatable bonds is 10. The van der Waals surface area contributed by atoms with Crippen molar-refractivity contribution in [3.05, 3.63) is 81.5 Å². The van der Waals surface area contributed by atoms with Crippen LogP contribution in [0.15, 0.2) is 54.0 Å². The smallest absolute Gasteiger partial charge is 0.255 e. The standard InChI is InChI=1S/C28H31ClN8O3/c1-15-6-5-7-22(33-15)24(14-38)34-26(39)17(3)37-13-19-9-8-18(10-20(19)27(37)40)25-21(29)12-32-28(36-25)35-23(11-30)16(2)31-4/h5-12,17,24,30-31,38H,13-14H2,1-4H3,(H,34,39)(H,32,35,36)/b23-16+,30-11?/t17-,24-/m1/s1. The fraction of sp³-hybridized carbons (Fsp3) is 0.286. The van der Waals surface area contributed by atoms with Gasteiger partial charge in [0.05, 0.1) is 41.0 Å². The van der Waals surface area contributed by atoms with Crippen LogP contribution < -0.4 is 16.0 Å². The summed E-state index contributed by atoms with van der Waals surface area (Å²) in [5, 5.41) is 26.6. The average molecular weight is 563 g/mol. The van der Waals surface area contributed by atoms with E-state index in [2.05, 4.69) is 30.9 Å². The Morgan fingerprint density at radius 3 is 2.73 bits per heavy atom. The van der Waals surface area contributed by atoms with Gasteiger partial charge in [0.1, 0.15) is 6.04 Å². The summed E-state index contributed by atoms with van der Waals surface area (Å²) < 4.78 is 0. The number of hydrogen-bond acceptors (Lipinski definition) is 9. The Labute approximate surface area is 237 Å². The molecule has 2 amide bonds. The molecule has 12 heteroatoms. The van der Waals surface area contributed by atoms with Crippen LogP contribution in [0, 0.1) is 12.3 Å². The largest absolute Gasteiger partial charge is 0.394 e. The van der Waals surface area contributed by atoms with Crippen molar-refractivity contribution in [3.63, 3.8) is 0 Å². The maximum Gasteiger partial charge on any atom is 0.255 e. The van der Waals surface area contributed by atoms with E-state index in [0.29, 0.717) is 33.2 Å². The molecule has 0 aliphatic carbocycles. The predicted molar refractivity (Wildman–Crippen MR) is 153 cm³/mol. The Balaban J connectivity index is 1.54. The molecule has 0 saturated carbocycles. The van der Waals surface area contributed by atoms with Crippen LogP contribution in [-0.4, -0.2) is 62.7 Å². The van der Waals surface area contributed by atoms with Crippen LogP contribution in [0.1, 0.15) is 47.2 Å². The highest BCUT2D eigenvalue weighted by atomic mass is 35.5. The van der Waals surface area contributed by atoms with Gasteiger partial charge in [-0.3, -0.25) is 14.6 Å². The average Bonchev–Trinajstić information content (AvgIpc) is 3.29. The van der Waals surface area contributed by atoms with Gasteiger partial charge >= 0.3 is 0 Å². The number of aromatic nitrogens is 3. The number of amides is 2. The minimum Gasteiger partial charge on any atom is -0.394 e. The zero-order valence-corrected chi connectivity index (χ0v) is 23.4. The summed E-state index contributed by atoms with van der Waals surface area (Å²) in [4.78, 5) is 41.1. The lowest BCUT2D eigenvalue weighted by atomic mass is 10.0. The number of allylic oxidation sites excluding steroid dienone is 2. The first-order chi connectivity index (χ1) is 19.2. The third-order valence-electron chi connectivity index (χ3n) is 6.74. The SMILES string of the molecule is CN/C(C)=C(\C=N)Nc1ncc(Cl)c(-c2ccc3c(c2)C(=O)N([C@H](C)C(=O)N[C@H](CO)c2cccc(C)n2)C3)n1. The Bertz CT molecular complexity index is 1490. The van der Waals surface area contributed by atoms with Crippen LogP contribution in [0.25, 0.3) is 11.3 Å². The Morgan fingerprint density at radius 2 is 2.05 bits per heavy atom. The quantitative estimate of drug-likeness (QED) is 0.236. The van der Waals surface area contributed by atoms with Gasteiger partial charge in [-0.2, -0.15) is 0 Å². The molecule has 2 aromatic heterocycles. The van der Waals surface area contributed by atoms with Gasteiger partial charge in [0, 0.05) is 42.3 Å². The number of aryl methyl sites for hydroxylation is 1. The van der Waals surface area contributed by atoms with E-state index in [1.54, 1.807) is 26.1 Å². The fourth-order valence-electron chi connectivity index (χ4n) is 4.31.